The van der Waals surface area contributed by atoms with Crippen molar-refractivity contribution in [1.82, 2.24) is 19.7 Å². The number of amides is 1. The molecule has 0 radical (unpaired) electrons. The third-order valence-electron chi connectivity index (χ3n) is 7.58. The number of hydrogen-bond acceptors (Lipinski definition) is 6. The summed E-state index contributed by atoms with van der Waals surface area (Å²) in [6.07, 6.45) is 6.31. The minimum absolute atomic E-state index is 0.122. The van der Waals surface area contributed by atoms with E-state index in [1.807, 2.05) is 25.4 Å². The number of hydrogen-bond donors (Lipinski definition) is 0. The van der Waals surface area contributed by atoms with Crippen molar-refractivity contribution in [3.63, 3.8) is 0 Å². The Morgan fingerprint density at radius 1 is 1.21 bits per heavy atom. The Morgan fingerprint density at radius 2 is 2.00 bits per heavy atom. The molecule has 11 heteroatoms. The molecule has 0 N–H and O–H groups in total. The molecule has 3 heterocycles. The third-order valence-corrected chi connectivity index (χ3v) is 8.65. The summed E-state index contributed by atoms with van der Waals surface area (Å²) in [4.78, 5) is 24.6. The van der Waals surface area contributed by atoms with Gasteiger partial charge in [-0.05, 0) is 69.0 Å². The Hall–Kier alpha value is -2.79. The van der Waals surface area contributed by atoms with Crippen LogP contribution in [0.5, 0.6) is 5.19 Å². The van der Waals surface area contributed by atoms with Crippen LogP contribution in [-0.4, -0.2) is 64.2 Å². The summed E-state index contributed by atoms with van der Waals surface area (Å²) in [5.41, 5.74) is 2.38. The van der Waals surface area contributed by atoms with E-state index in [1.54, 1.807) is 16.9 Å². The predicted octanol–water partition coefficient (Wildman–Crippen LogP) is 5.48. The van der Waals surface area contributed by atoms with Gasteiger partial charge < -0.3 is 9.64 Å². The number of carbonyl (C=O) groups is 1. The molecule has 1 fully saturated rings. The van der Waals surface area contributed by atoms with E-state index < -0.39 is 12.8 Å². The smallest absolute Gasteiger partial charge is 0.422 e. The van der Waals surface area contributed by atoms with Crippen molar-refractivity contribution in [3.8, 4) is 5.19 Å². The van der Waals surface area contributed by atoms with Gasteiger partial charge in [0.15, 0.2) is 6.61 Å². The van der Waals surface area contributed by atoms with Crippen LogP contribution in [0.2, 0.25) is 0 Å². The van der Waals surface area contributed by atoms with Crippen molar-refractivity contribution in [2.24, 2.45) is 23.9 Å². The van der Waals surface area contributed by atoms with Crippen LogP contribution in [0.15, 0.2) is 29.4 Å². The molecule has 1 aliphatic heterocycles. The highest BCUT2D eigenvalue weighted by Gasteiger charge is 2.30. The molecule has 0 unspecified atom stereocenters. The first-order valence-electron chi connectivity index (χ1n) is 13.1. The average Bonchev–Trinajstić information content (AvgIpc) is 3.42. The van der Waals surface area contributed by atoms with Crippen LogP contribution >= 0.6 is 11.3 Å². The Morgan fingerprint density at radius 3 is 2.79 bits per heavy atom. The van der Waals surface area contributed by atoms with Gasteiger partial charge >= 0.3 is 6.18 Å². The van der Waals surface area contributed by atoms with E-state index in [2.05, 4.69) is 20.0 Å². The van der Waals surface area contributed by atoms with Crippen LogP contribution in [0, 0.1) is 11.8 Å². The van der Waals surface area contributed by atoms with Crippen LogP contribution in [0.4, 0.5) is 13.2 Å². The number of aliphatic imine (C=N–C) groups is 1. The number of alkyl halides is 3. The Balaban J connectivity index is 1.03. The number of fused-ring (bicyclic) bond motifs is 2. The van der Waals surface area contributed by atoms with Crippen molar-refractivity contribution >= 4 is 34.4 Å². The molecule has 2 aromatic heterocycles. The SMILES string of the molecule is Cn1ncc2ccc(C(=O)N=CC3CCC(CCN4CCc5nc(OCC(F)(F)F)sc5CC4)CC3)cc21. The number of halogens is 3. The first-order chi connectivity index (χ1) is 18.2. The van der Waals surface area contributed by atoms with E-state index >= 15 is 0 Å². The van der Waals surface area contributed by atoms with Crippen molar-refractivity contribution in [2.75, 3.05) is 26.2 Å². The molecule has 3 aromatic rings. The maximum Gasteiger partial charge on any atom is 0.422 e. The zero-order valence-electron chi connectivity index (χ0n) is 21.4. The predicted molar refractivity (Wildman–Crippen MR) is 141 cm³/mol. The lowest BCUT2D eigenvalue weighted by Crippen LogP contribution is -2.29. The van der Waals surface area contributed by atoms with Crippen LogP contribution in [-0.2, 0) is 19.9 Å². The molecule has 1 aromatic carbocycles. The first-order valence-corrected chi connectivity index (χ1v) is 14.0. The molecular weight excluding hydrogens is 515 g/mol. The Kier molecular flexibility index (Phi) is 8.13. The number of benzene rings is 1. The molecule has 1 amide bonds. The summed E-state index contributed by atoms with van der Waals surface area (Å²) in [6.45, 7) is 1.48. The van der Waals surface area contributed by atoms with E-state index in [4.69, 9.17) is 4.74 Å². The van der Waals surface area contributed by atoms with E-state index in [1.165, 1.54) is 11.3 Å². The van der Waals surface area contributed by atoms with Gasteiger partial charge in [-0.2, -0.15) is 18.3 Å². The van der Waals surface area contributed by atoms with E-state index in [0.717, 1.165) is 86.1 Å². The molecular formula is C27H32F3N5O2S. The summed E-state index contributed by atoms with van der Waals surface area (Å²) in [5, 5.41) is 5.35. The molecule has 0 spiro atoms. The van der Waals surface area contributed by atoms with Crippen molar-refractivity contribution in [2.45, 2.75) is 51.1 Å². The number of aryl methyl sites for hydroxylation is 1. The number of rotatable bonds is 7. The van der Waals surface area contributed by atoms with Gasteiger partial charge in [-0.25, -0.2) is 9.98 Å². The fraction of sp³-hybridized carbons (Fsp3) is 0.556. The average molecular weight is 548 g/mol. The monoisotopic (exact) mass is 547 g/mol. The second kappa shape index (κ2) is 11.5. The normalized spacial score (nSPS) is 21.1. The lowest BCUT2D eigenvalue weighted by atomic mass is 9.81. The van der Waals surface area contributed by atoms with Gasteiger partial charge in [0.05, 0.1) is 17.4 Å². The molecule has 1 aliphatic carbocycles. The van der Waals surface area contributed by atoms with Crippen LogP contribution in [0.3, 0.4) is 0 Å². The quantitative estimate of drug-likeness (QED) is 0.367. The molecule has 7 nitrogen and oxygen atoms in total. The number of carbonyl (C=O) groups excluding carboxylic acids is 1. The summed E-state index contributed by atoms with van der Waals surface area (Å²) >= 11 is 1.24. The van der Waals surface area contributed by atoms with E-state index in [9.17, 15) is 18.0 Å². The maximum absolute atomic E-state index is 12.6. The zero-order valence-corrected chi connectivity index (χ0v) is 22.2. The fourth-order valence-corrected chi connectivity index (χ4v) is 6.27. The standard InChI is InChI=1S/C27H32F3N5O2S/c1-34-23-14-20(6-7-21(23)16-32-34)25(36)31-15-19-4-2-18(3-5-19)8-11-35-12-9-22-24(10-13-35)38-26(33-22)37-17-27(28,29)30/h6-7,14-16,18-19H,2-5,8-13,17H2,1H3. The molecule has 38 heavy (non-hydrogen) atoms. The van der Waals surface area contributed by atoms with Crippen molar-refractivity contribution < 1.29 is 22.7 Å². The lowest BCUT2D eigenvalue weighted by molar-refractivity contribution is -0.153. The van der Waals surface area contributed by atoms with E-state index in [0.29, 0.717) is 17.4 Å². The van der Waals surface area contributed by atoms with Gasteiger partial charge in [0.2, 0.25) is 0 Å². The van der Waals surface area contributed by atoms with E-state index in [-0.39, 0.29) is 11.1 Å². The highest BCUT2D eigenvalue weighted by atomic mass is 32.1. The minimum Gasteiger partial charge on any atom is -0.460 e. The highest BCUT2D eigenvalue weighted by molar-refractivity contribution is 7.13. The lowest BCUT2D eigenvalue weighted by Gasteiger charge is -2.28. The second-order valence-electron chi connectivity index (χ2n) is 10.3. The van der Waals surface area contributed by atoms with Gasteiger partial charge in [-0.15, -0.1) is 0 Å². The summed E-state index contributed by atoms with van der Waals surface area (Å²) in [7, 11) is 1.86. The van der Waals surface area contributed by atoms with Crippen LogP contribution in [0.1, 0.15) is 53.0 Å². The number of ether oxygens (including phenoxy) is 1. The first kappa shape index (κ1) is 26.8. The molecule has 1 saturated carbocycles. The van der Waals surface area contributed by atoms with Gasteiger partial charge in [-0.3, -0.25) is 9.48 Å². The molecule has 0 saturated heterocycles. The summed E-state index contributed by atoms with van der Waals surface area (Å²) < 4.78 is 43.8. The summed E-state index contributed by atoms with van der Waals surface area (Å²) in [6, 6.07) is 5.55. The number of nitrogens with zero attached hydrogens (tertiary/aromatic N) is 5. The Labute approximate surface area is 223 Å². The van der Waals surface area contributed by atoms with Gasteiger partial charge in [0.1, 0.15) is 0 Å². The molecule has 2 aliphatic rings. The zero-order chi connectivity index (χ0) is 26.7. The third kappa shape index (κ3) is 6.79. The summed E-state index contributed by atoms with van der Waals surface area (Å²) in [5.74, 6) is 0.795. The van der Waals surface area contributed by atoms with Crippen molar-refractivity contribution in [1.29, 1.82) is 0 Å². The maximum atomic E-state index is 12.6. The van der Waals surface area contributed by atoms with Crippen LogP contribution in [0.25, 0.3) is 10.9 Å². The molecule has 0 bridgehead atoms. The van der Waals surface area contributed by atoms with Crippen molar-refractivity contribution in [3.05, 3.63) is 40.5 Å². The van der Waals surface area contributed by atoms with Crippen LogP contribution < -0.4 is 4.74 Å². The minimum atomic E-state index is -4.35. The topological polar surface area (TPSA) is 72.6 Å². The Bertz CT molecular complexity index is 1270. The fourth-order valence-electron chi connectivity index (χ4n) is 5.33. The van der Waals surface area contributed by atoms with Gasteiger partial charge in [0.25, 0.3) is 11.1 Å². The number of thiazole rings is 1. The highest BCUT2D eigenvalue weighted by Crippen LogP contribution is 2.32. The van der Waals surface area contributed by atoms with Gasteiger partial charge in [-0.1, -0.05) is 17.4 Å². The second-order valence-corrected chi connectivity index (χ2v) is 11.3. The largest absolute Gasteiger partial charge is 0.460 e. The molecule has 0 atom stereocenters. The molecule has 204 valence electrons. The van der Waals surface area contributed by atoms with Gasteiger partial charge in [0, 0.05) is 48.6 Å². The number of aromatic nitrogens is 3. The molecule has 5 rings (SSSR count).